The van der Waals surface area contributed by atoms with E-state index in [2.05, 4.69) is 5.32 Å². The van der Waals surface area contributed by atoms with E-state index in [4.69, 9.17) is 0 Å². The van der Waals surface area contributed by atoms with Crippen LogP contribution in [0.1, 0.15) is 26.7 Å². The number of hydrogen-bond donors (Lipinski definition) is 1. The Bertz CT molecular complexity index is 168. The average molecular weight is 195 g/mol. The normalized spacial score (nSPS) is 21.9. The minimum atomic E-state index is -4.07. The Hall–Kier alpha value is -0.250. The third-order valence-electron chi connectivity index (χ3n) is 3.09. The molecule has 0 aromatic carbocycles. The van der Waals surface area contributed by atoms with Crippen LogP contribution in [-0.4, -0.2) is 19.3 Å². The van der Waals surface area contributed by atoms with Gasteiger partial charge in [-0.1, -0.05) is 13.8 Å². The first-order valence-corrected chi connectivity index (χ1v) is 4.63. The standard InChI is InChI=1S/C9H16F3N/c1-8(2,9(10,11)12)7-3-5-13-6-4-7/h7,13H,3-6H2,1-2H3. The van der Waals surface area contributed by atoms with Crippen LogP contribution in [0.2, 0.25) is 0 Å². The van der Waals surface area contributed by atoms with E-state index in [1.807, 2.05) is 0 Å². The first kappa shape index (κ1) is 10.8. The Labute approximate surface area is 76.7 Å². The monoisotopic (exact) mass is 195 g/mol. The molecule has 0 spiro atoms. The smallest absolute Gasteiger partial charge is 0.317 e. The fraction of sp³-hybridized carbons (Fsp3) is 1.00. The third kappa shape index (κ3) is 2.16. The van der Waals surface area contributed by atoms with E-state index in [0.717, 1.165) is 0 Å². The van der Waals surface area contributed by atoms with Gasteiger partial charge in [0.05, 0.1) is 5.41 Å². The van der Waals surface area contributed by atoms with Gasteiger partial charge in [-0.3, -0.25) is 0 Å². The molecule has 1 aliphatic rings. The predicted octanol–water partition coefficient (Wildman–Crippen LogP) is 2.57. The van der Waals surface area contributed by atoms with Crippen LogP contribution in [0, 0.1) is 11.3 Å². The third-order valence-corrected chi connectivity index (χ3v) is 3.09. The number of nitrogens with one attached hydrogen (secondary N) is 1. The van der Waals surface area contributed by atoms with Crippen molar-refractivity contribution >= 4 is 0 Å². The highest BCUT2D eigenvalue weighted by atomic mass is 19.4. The summed E-state index contributed by atoms with van der Waals surface area (Å²) in [7, 11) is 0. The van der Waals surface area contributed by atoms with Gasteiger partial charge in [0.2, 0.25) is 0 Å². The minimum Gasteiger partial charge on any atom is -0.317 e. The lowest BCUT2D eigenvalue weighted by molar-refractivity contribution is -0.232. The molecule has 13 heavy (non-hydrogen) atoms. The van der Waals surface area contributed by atoms with Crippen molar-refractivity contribution in [3.05, 3.63) is 0 Å². The highest BCUT2D eigenvalue weighted by Crippen LogP contribution is 2.46. The molecule has 1 rings (SSSR count). The lowest BCUT2D eigenvalue weighted by Gasteiger charge is -2.38. The van der Waals surface area contributed by atoms with Gasteiger partial charge in [0.25, 0.3) is 0 Å². The van der Waals surface area contributed by atoms with Crippen molar-refractivity contribution in [2.75, 3.05) is 13.1 Å². The average Bonchev–Trinajstić information content (AvgIpc) is 2.04. The molecule has 0 amide bonds. The van der Waals surface area contributed by atoms with Crippen molar-refractivity contribution in [2.24, 2.45) is 11.3 Å². The van der Waals surface area contributed by atoms with Gasteiger partial charge in [0.1, 0.15) is 0 Å². The molecule has 0 saturated carbocycles. The molecule has 0 aromatic heterocycles. The zero-order valence-electron chi connectivity index (χ0n) is 8.04. The van der Waals surface area contributed by atoms with E-state index in [-0.39, 0.29) is 5.92 Å². The molecule has 0 unspecified atom stereocenters. The summed E-state index contributed by atoms with van der Waals surface area (Å²) in [4.78, 5) is 0. The zero-order chi connectivity index (χ0) is 10.1. The Morgan fingerprint density at radius 3 is 1.92 bits per heavy atom. The number of hydrogen-bond acceptors (Lipinski definition) is 1. The summed E-state index contributed by atoms with van der Waals surface area (Å²) in [6.45, 7) is 4.04. The van der Waals surface area contributed by atoms with E-state index >= 15 is 0 Å². The van der Waals surface area contributed by atoms with Crippen LogP contribution in [0.5, 0.6) is 0 Å². The maximum Gasteiger partial charge on any atom is 0.394 e. The number of rotatable bonds is 1. The van der Waals surface area contributed by atoms with Gasteiger partial charge in [0.15, 0.2) is 0 Å². The molecule has 4 heteroatoms. The SMILES string of the molecule is CC(C)(C1CCNCC1)C(F)(F)F. The molecule has 1 heterocycles. The second-order valence-electron chi connectivity index (χ2n) is 4.24. The Morgan fingerprint density at radius 2 is 1.54 bits per heavy atom. The van der Waals surface area contributed by atoms with Crippen LogP contribution >= 0.6 is 0 Å². The van der Waals surface area contributed by atoms with Crippen LogP contribution in [-0.2, 0) is 0 Å². The Morgan fingerprint density at radius 1 is 1.08 bits per heavy atom. The molecule has 1 nitrogen and oxygen atoms in total. The molecule has 0 radical (unpaired) electrons. The molecule has 0 atom stereocenters. The van der Waals surface area contributed by atoms with E-state index in [0.29, 0.717) is 25.9 Å². The van der Waals surface area contributed by atoms with Crippen molar-refractivity contribution in [3.63, 3.8) is 0 Å². The lowest BCUT2D eigenvalue weighted by atomic mass is 9.73. The second kappa shape index (κ2) is 3.48. The maximum absolute atomic E-state index is 12.6. The molecule has 1 saturated heterocycles. The summed E-state index contributed by atoms with van der Waals surface area (Å²) in [5.41, 5.74) is -1.53. The molecule has 1 N–H and O–H groups in total. The van der Waals surface area contributed by atoms with E-state index in [1.54, 1.807) is 0 Å². The van der Waals surface area contributed by atoms with Gasteiger partial charge in [-0.2, -0.15) is 13.2 Å². The van der Waals surface area contributed by atoms with E-state index in [1.165, 1.54) is 13.8 Å². The van der Waals surface area contributed by atoms with Crippen molar-refractivity contribution in [2.45, 2.75) is 32.9 Å². The van der Waals surface area contributed by atoms with Gasteiger partial charge >= 0.3 is 6.18 Å². The van der Waals surface area contributed by atoms with Crippen molar-refractivity contribution in [1.82, 2.24) is 5.32 Å². The number of piperidine rings is 1. The molecule has 78 valence electrons. The molecule has 0 aliphatic carbocycles. The fourth-order valence-electron chi connectivity index (χ4n) is 1.78. The number of halogens is 3. The highest BCUT2D eigenvalue weighted by Gasteiger charge is 2.51. The van der Waals surface area contributed by atoms with Crippen LogP contribution in [0.25, 0.3) is 0 Å². The van der Waals surface area contributed by atoms with E-state index in [9.17, 15) is 13.2 Å². The van der Waals surface area contributed by atoms with Crippen molar-refractivity contribution < 1.29 is 13.2 Å². The molecular formula is C9H16F3N. The first-order valence-electron chi connectivity index (χ1n) is 4.63. The molecular weight excluding hydrogens is 179 g/mol. The van der Waals surface area contributed by atoms with Gasteiger partial charge in [-0.25, -0.2) is 0 Å². The summed E-state index contributed by atoms with van der Waals surface area (Å²) in [5.74, 6) is -0.228. The summed E-state index contributed by atoms with van der Waals surface area (Å²) in [5, 5.41) is 3.07. The second-order valence-corrected chi connectivity index (χ2v) is 4.24. The van der Waals surface area contributed by atoms with Crippen molar-refractivity contribution in [1.29, 1.82) is 0 Å². The van der Waals surface area contributed by atoms with Crippen LogP contribution in [0.4, 0.5) is 13.2 Å². The first-order chi connectivity index (χ1) is 5.86. The van der Waals surface area contributed by atoms with Gasteiger partial charge in [0, 0.05) is 0 Å². The Balaban J connectivity index is 2.67. The lowest BCUT2D eigenvalue weighted by Crippen LogP contribution is -2.44. The van der Waals surface area contributed by atoms with Gasteiger partial charge in [-0.05, 0) is 31.8 Å². The summed E-state index contributed by atoms with van der Waals surface area (Å²) in [6, 6.07) is 0. The van der Waals surface area contributed by atoms with Gasteiger partial charge in [-0.15, -0.1) is 0 Å². The molecule has 0 bridgehead atoms. The quantitative estimate of drug-likeness (QED) is 0.678. The Kier molecular flexibility index (Phi) is 2.90. The van der Waals surface area contributed by atoms with Crippen LogP contribution < -0.4 is 5.32 Å². The molecule has 0 aromatic rings. The minimum absolute atomic E-state index is 0.228. The predicted molar refractivity (Wildman–Crippen MR) is 45.4 cm³/mol. The summed E-state index contributed by atoms with van der Waals surface area (Å²) >= 11 is 0. The molecule has 1 aliphatic heterocycles. The van der Waals surface area contributed by atoms with Crippen LogP contribution in [0.3, 0.4) is 0 Å². The highest BCUT2D eigenvalue weighted by molar-refractivity contribution is 4.87. The number of alkyl halides is 3. The summed E-state index contributed by atoms with van der Waals surface area (Å²) < 4.78 is 37.8. The molecule has 1 fully saturated rings. The van der Waals surface area contributed by atoms with Gasteiger partial charge < -0.3 is 5.32 Å². The van der Waals surface area contributed by atoms with Crippen molar-refractivity contribution in [3.8, 4) is 0 Å². The largest absolute Gasteiger partial charge is 0.394 e. The maximum atomic E-state index is 12.6. The topological polar surface area (TPSA) is 12.0 Å². The van der Waals surface area contributed by atoms with E-state index < -0.39 is 11.6 Å². The zero-order valence-corrected chi connectivity index (χ0v) is 8.04. The fourth-order valence-corrected chi connectivity index (χ4v) is 1.78. The van der Waals surface area contributed by atoms with Crippen LogP contribution in [0.15, 0.2) is 0 Å². The summed E-state index contributed by atoms with van der Waals surface area (Å²) in [6.07, 6.45) is -2.81.